The lowest BCUT2D eigenvalue weighted by molar-refractivity contribution is -0.138. The second-order valence-electron chi connectivity index (χ2n) is 5.22. The van der Waals surface area contributed by atoms with E-state index in [1.165, 1.54) is 0 Å². The average Bonchev–Trinajstić information content (AvgIpc) is 2.79. The molecular weight excluding hydrogens is 283 g/mol. The zero-order valence-corrected chi connectivity index (χ0v) is 12.0. The van der Waals surface area contributed by atoms with Gasteiger partial charge in [0.2, 0.25) is 5.91 Å². The van der Waals surface area contributed by atoms with Gasteiger partial charge in [0.25, 0.3) is 0 Å². The summed E-state index contributed by atoms with van der Waals surface area (Å²) in [5.74, 6) is 0.427. The first kappa shape index (κ1) is 13.2. The number of carbonyl (C=O) groups is 1. The molecule has 102 valence electrons. The third-order valence-corrected chi connectivity index (χ3v) is 4.73. The van der Waals surface area contributed by atoms with Crippen LogP contribution in [0.3, 0.4) is 0 Å². The summed E-state index contributed by atoms with van der Waals surface area (Å²) in [5, 5.41) is 4.27. The highest BCUT2D eigenvalue weighted by Crippen LogP contribution is 2.36. The molecule has 2 aliphatic rings. The predicted octanol–water partition coefficient (Wildman–Crippen LogP) is 2.88. The average molecular weight is 299 g/mol. The second kappa shape index (κ2) is 5.31. The van der Waals surface area contributed by atoms with Crippen LogP contribution in [0.5, 0.6) is 0 Å². The van der Waals surface area contributed by atoms with Gasteiger partial charge in [0.1, 0.15) is 0 Å². The van der Waals surface area contributed by atoms with E-state index in [0.29, 0.717) is 10.0 Å². The Bertz CT molecular complexity index is 502. The molecule has 2 aliphatic heterocycles. The largest absolute Gasteiger partial charge is 0.335 e. The zero-order valence-electron chi connectivity index (χ0n) is 10.5. The number of likely N-dealkylation sites (tertiary alicyclic amines) is 1. The molecule has 2 saturated heterocycles. The molecule has 1 atom stereocenters. The van der Waals surface area contributed by atoms with Crippen molar-refractivity contribution in [1.82, 2.24) is 10.2 Å². The fourth-order valence-corrected chi connectivity index (χ4v) is 3.10. The van der Waals surface area contributed by atoms with Gasteiger partial charge in [0, 0.05) is 19.6 Å². The smallest absolute Gasteiger partial charge is 0.228 e. The van der Waals surface area contributed by atoms with Gasteiger partial charge in [0.05, 0.1) is 22.0 Å². The Balaban J connectivity index is 1.81. The maximum atomic E-state index is 12.4. The summed E-state index contributed by atoms with van der Waals surface area (Å²) < 4.78 is 0. The molecule has 2 heterocycles. The highest BCUT2D eigenvalue weighted by atomic mass is 35.5. The van der Waals surface area contributed by atoms with Gasteiger partial charge in [-0.25, -0.2) is 0 Å². The molecule has 1 aromatic carbocycles. The van der Waals surface area contributed by atoms with Crippen LogP contribution in [0.2, 0.25) is 10.0 Å². The van der Waals surface area contributed by atoms with Gasteiger partial charge in [-0.05, 0) is 30.5 Å². The van der Waals surface area contributed by atoms with E-state index in [9.17, 15) is 4.79 Å². The summed E-state index contributed by atoms with van der Waals surface area (Å²) in [6.07, 6.45) is 2.06. The topological polar surface area (TPSA) is 32.3 Å². The standard InChI is InChI=1S/C14H16Cl2N2O/c15-11-4-3-9(6-12(11)16)13-2-1-5-18(13)14(19)10-7-17-8-10/h3-4,6,10,13,17H,1-2,5,7-8H2. The minimum atomic E-state index is 0.155. The fraction of sp³-hybridized carbons (Fsp3) is 0.500. The maximum Gasteiger partial charge on any atom is 0.228 e. The van der Waals surface area contributed by atoms with Crippen LogP contribution >= 0.6 is 23.2 Å². The number of amides is 1. The first-order chi connectivity index (χ1) is 9.16. The van der Waals surface area contributed by atoms with E-state index in [0.717, 1.165) is 38.0 Å². The minimum Gasteiger partial charge on any atom is -0.335 e. The Morgan fingerprint density at radius 3 is 2.68 bits per heavy atom. The van der Waals surface area contributed by atoms with Crippen LogP contribution in [0.15, 0.2) is 18.2 Å². The van der Waals surface area contributed by atoms with Crippen molar-refractivity contribution in [2.45, 2.75) is 18.9 Å². The van der Waals surface area contributed by atoms with Gasteiger partial charge in [-0.15, -0.1) is 0 Å². The van der Waals surface area contributed by atoms with Crippen LogP contribution in [0.25, 0.3) is 0 Å². The molecule has 0 aliphatic carbocycles. The molecule has 1 aromatic rings. The summed E-state index contributed by atoms with van der Waals surface area (Å²) in [6.45, 7) is 2.47. The molecule has 1 unspecified atom stereocenters. The lowest BCUT2D eigenvalue weighted by Gasteiger charge is -2.33. The van der Waals surface area contributed by atoms with E-state index in [1.54, 1.807) is 0 Å². The van der Waals surface area contributed by atoms with Gasteiger partial charge in [0.15, 0.2) is 0 Å². The van der Waals surface area contributed by atoms with E-state index in [1.807, 2.05) is 23.1 Å². The van der Waals surface area contributed by atoms with Crippen LogP contribution < -0.4 is 5.32 Å². The summed E-state index contributed by atoms with van der Waals surface area (Å²) in [5.41, 5.74) is 1.09. The molecule has 0 spiro atoms. The number of nitrogens with one attached hydrogen (secondary N) is 1. The molecule has 0 radical (unpaired) electrons. The van der Waals surface area contributed by atoms with Crippen LogP contribution in [0, 0.1) is 5.92 Å². The summed E-state index contributed by atoms with van der Waals surface area (Å²) in [6, 6.07) is 5.83. The number of rotatable bonds is 2. The molecule has 5 heteroatoms. The number of halogens is 2. The molecule has 2 fully saturated rings. The molecule has 3 rings (SSSR count). The molecule has 1 N–H and O–H groups in total. The van der Waals surface area contributed by atoms with Crippen molar-refractivity contribution in [2.75, 3.05) is 19.6 Å². The number of hydrogen-bond donors (Lipinski definition) is 1. The van der Waals surface area contributed by atoms with Gasteiger partial charge in [-0.3, -0.25) is 4.79 Å². The van der Waals surface area contributed by atoms with Gasteiger partial charge >= 0.3 is 0 Å². The van der Waals surface area contributed by atoms with Crippen molar-refractivity contribution < 1.29 is 4.79 Å². The normalized spacial score (nSPS) is 23.5. The number of benzene rings is 1. The second-order valence-corrected chi connectivity index (χ2v) is 6.03. The van der Waals surface area contributed by atoms with Crippen molar-refractivity contribution in [1.29, 1.82) is 0 Å². The van der Waals surface area contributed by atoms with E-state index in [2.05, 4.69) is 5.32 Å². The SMILES string of the molecule is O=C(C1CNC1)N1CCCC1c1ccc(Cl)c(Cl)c1. The number of carbonyl (C=O) groups excluding carboxylic acids is 1. The molecule has 1 amide bonds. The van der Waals surface area contributed by atoms with E-state index >= 15 is 0 Å². The van der Waals surface area contributed by atoms with Crippen molar-refractivity contribution in [3.63, 3.8) is 0 Å². The Morgan fingerprint density at radius 1 is 1.26 bits per heavy atom. The number of hydrogen-bond acceptors (Lipinski definition) is 2. The summed E-state index contributed by atoms with van der Waals surface area (Å²) in [7, 11) is 0. The quantitative estimate of drug-likeness (QED) is 0.910. The van der Waals surface area contributed by atoms with Crippen molar-refractivity contribution in [3.05, 3.63) is 33.8 Å². The lowest BCUT2D eigenvalue weighted by Crippen LogP contribution is -2.51. The van der Waals surface area contributed by atoms with Crippen LogP contribution in [-0.4, -0.2) is 30.4 Å². The number of nitrogens with zero attached hydrogens (tertiary/aromatic N) is 1. The van der Waals surface area contributed by atoms with Crippen LogP contribution in [-0.2, 0) is 4.79 Å². The molecule has 19 heavy (non-hydrogen) atoms. The monoisotopic (exact) mass is 298 g/mol. The van der Waals surface area contributed by atoms with E-state index in [-0.39, 0.29) is 17.9 Å². The van der Waals surface area contributed by atoms with Gasteiger partial charge < -0.3 is 10.2 Å². The maximum absolute atomic E-state index is 12.4. The highest BCUT2D eigenvalue weighted by molar-refractivity contribution is 6.42. The van der Waals surface area contributed by atoms with Gasteiger partial charge in [-0.2, -0.15) is 0 Å². The Morgan fingerprint density at radius 2 is 2.05 bits per heavy atom. The Labute approximate surface area is 122 Å². The summed E-state index contributed by atoms with van der Waals surface area (Å²) in [4.78, 5) is 14.4. The lowest BCUT2D eigenvalue weighted by atomic mass is 9.99. The fourth-order valence-electron chi connectivity index (χ4n) is 2.79. The summed E-state index contributed by atoms with van der Waals surface area (Å²) >= 11 is 12.0. The zero-order chi connectivity index (χ0) is 13.4. The van der Waals surface area contributed by atoms with E-state index < -0.39 is 0 Å². The molecule has 3 nitrogen and oxygen atoms in total. The van der Waals surface area contributed by atoms with Gasteiger partial charge in [-0.1, -0.05) is 29.3 Å². The first-order valence-electron chi connectivity index (χ1n) is 6.63. The first-order valence-corrected chi connectivity index (χ1v) is 7.38. The Hall–Kier alpha value is -0.770. The molecule has 0 aromatic heterocycles. The minimum absolute atomic E-state index is 0.155. The highest BCUT2D eigenvalue weighted by Gasteiger charge is 2.36. The van der Waals surface area contributed by atoms with Crippen LogP contribution in [0.4, 0.5) is 0 Å². The van der Waals surface area contributed by atoms with E-state index in [4.69, 9.17) is 23.2 Å². The van der Waals surface area contributed by atoms with Crippen molar-refractivity contribution in [2.24, 2.45) is 5.92 Å². The predicted molar refractivity (Wildman–Crippen MR) is 76.5 cm³/mol. The third-order valence-electron chi connectivity index (χ3n) is 4.00. The van der Waals surface area contributed by atoms with Crippen molar-refractivity contribution >= 4 is 29.1 Å². The Kier molecular flexibility index (Phi) is 3.70. The third kappa shape index (κ3) is 2.47. The van der Waals surface area contributed by atoms with Crippen LogP contribution in [0.1, 0.15) is 24.4 Å². The molecule has 0 saturated carbocycles. The molecule has 0 bridgehead atoms. The van der Waals surface area contributed by atoms with Crippen molar-refractivity contribution in [3.8, 4) is 0 Å². The molecular formula is C14H16Cl2N2O.